The van der Waals surface area contributed by atoms with Gasteiger partial charge in [-0.1, -0.05) is 29.8 Å². The molecule has 19 heavy (non-hydrogen) atoms. The Kier molecular flexibility index (Phi) is 6.87. The predicted octanol–water partition coefficient (Wildman–Crippen LogP) is 2.49. The minimum Gasteiger partial charge on any atom is -0.398 e. The minimum absolute atomic E-state index is 0.113. The van der Waals surface area contributed by atoms with Gasteiger partial charge in [-0.15, -0.1) is 0 Å². The van der Waals surface area contributed by atoms with E-state index in [1.807, 2.05) is 6.07 Å². The van der Waals surface area contributed by atoms with Crippen molar-refractivity contribution in [1.29, 1.82) is 0 Å². The number of rotatable bonds is 7. The van der Waals surface area contributed by atoms with Gasteiger partial charge in [0.25, 0.3) is 5.91 Å². The number of likely N-dealkylation sites (N-methyl/N-ethyl adjacent to an activating group) is 1. The van der Waals surface area contributed by atoms with E-state index < -0.39 is 0 Å². The molecular weight excluding hydrogens is 306 g/mol. The van der Waals surface area contributed by atoms with Crippen LogP contribution in [0.25, 0.3) is 0 Å². The van der Waals surface area contributed by atoms with Crippen LogP contribution in [0.15, 0.2) is 22.7 Å². The highest BCUT2D eigenvalue weighted by atomic mass is 79.9. The third-order valence-electron chi connectivity index (χ3n) is 2.96. The standard InChI is InChI=1S/C14H22BrN3O/c1-3-8-18(4-2)9-7-17-14(19)12-6-5-11(15)10-13(12)16/h5-6,10H,3-4,7-9,16H2,1-2H3,(H,17,19). The molecule has 1 rings (SSSR count). The summed E-state index contributed by atoms with van der Waals surface area (Å²) in [5, 5.41) is 2.91. The summed E-state index contributed by atoms with van der Waals surface area (Å²) in [4.78, 5) is 14.3. The van der Waals surface area contributed by atoms with E-state index >= 15 is 0 Å². The van der Waals surface area contributed by atoms with Crippen molar-refractivity contribution in [2.75, 3.05) is 31.9 Å². The van der Waals surface area contributed by atoms with Crippen molar-refractivity contribution in [3.63, 3.8) is 0 Å². The zero-order chi connectivity index (χ0) is 14.3. The average Bonchev–Trinajstić information content (AvgIpc) is 2.37. The van der Waals surface area contributed by atoms with Gasteiger partial charge in [-0.25, -0.2) is 0 Å². The number of nitrogen functional groups attached to an aromatic ring is 1. The van der Waals surface area contributed by atoms with E-state index in [1.165, 1.54) is 0 Å². The molecule has 0 saturated carbocycles. The van der Waals surface area contributed by atoms with Gasteiger partial charge in [0, 0.05) is 23.2 Å². The largest absolute Gasteiger partial charge is 0.398 e. The SMILES string of the molecule is CCCN(CC)CCNC(=O)c1ccc(Br)cc1N. The van der Waals surface area contributed by atoms with Crippen molar-refractivity contribution < 1.29 is 4.79 Å². The van der Waals surface area contributed by atoms with Crippen LogP contribution >= 0.6 is 15.9 Å². The molecule has 0 heterocycles. The van der Waals surface area contributed by atoms with E-state index in [0.29, 0.717) is 17.8 Å². The summed E-state index contributed by atoms with van der Waals surface area (Å²) in [6.45, 7) is 7.86. The lowest BCUT2D eigenvalue weighted by molar-refractivity contribution is 0.0949. The first-order valence-electron chi connectivity index (χ1n) is 6.64. The molecule has 4 nitrogen and oxygen atoms in total. The molecule has 0 aliphatic carbocycles. The summed E-state index contributed by atoms with van der Waals surface area (Å²) in [5.74, 6) is -0.113. The van der Waals surface area contributed by atoms with E-state index in [4.69, 9.17) is 5.73 Å². The molecule has 5 heteroatoms. The topological polar surface area (TPSA) is 58.4 Å². The lowest BCUT2D eigenvalue weighted by Crippen LogP contribution is -2.35. The molecule has 0 radical (unpaired) electrons. The number of halogens is 1. The second kappa shape index (κ2) is 8.17. The van der Waals surface area contributed by atoms with Crippen molar-refractivity contribution in [3.05, 3.63) is 28.2 Å². The second-order valence-electron chi connectivity index (χ2n) is 4.42. The Balaban J connectivity index is 2.47. The quantitative estimate of drug-likeness (QED) is 0.756. The third kappa shape index (κ3) is 5.20. The molecule has 3 N–H and O–H groups in total. The fraction of sp³-hybridized carbons (Fsp3) is 0.500. The fourth-order valence-corrected chi connectivity index (χ4v) is 2.29. The van der Waals surface area contributed by atoms with Gasteiger partial charge in [-0.2, -0.15) is 0 Å². The van der Waals surface area contributed by atoms with Crippen LogP contribution in [0.4, 0.5) is 5.69 Å². The lowest BCUT2D eigenvalue weighted by atomic mass is 10.1. The van der Waals surface area contributed by atoms with E-state index in [1.54, 1.807) is 12.1 Å². The highest BCUT2D eigenvalue weighted by Gasteiger charge is 2.09. The lowest BCUT2D eigenvalue weighted by Gasteiger charge is -2.19. The Hall–Kier alpha value is -1.07. The highest BCUT2D eigenvalue weighted by molar-refractivity contribution is 9.10. The fourth-order valence-electron chi connectivity index (χ4n) is 1.91. The maximum atomic E-state index is 12.0. The van der Waals surface area contributed by atoms with E-state index in [-0.39, 0.29) is 5.91 Å². The first-order valence-corrected chi connectivity index (χ1v) is 7.43. The Morgan fingerprint density at radius 2 is 2.11 bits per heavy atom. The van der Waals surface area contributed by atoms with Crippen molar-refractivity contribution in [3.8, 4) is 0 Å². The van der Waals surface area contributed by atoms with Gasteiger partial charge in [0.2, 0.25) is 0 Å². The molecular formula is C14H22BrN3O. The van der Waals surface area contributed by atoms with Crippen LogP contribution in [0.3, 0.4) is 0 Å². The van der Waals surface area contributed by atoms with Crippen LogP contribution in [0.5, 0.6) is 0 Å². The van der Waals surface area contributed by atoms with E-state index in [2.05, 4.69) is 40.0 Å². The molecule has 106 valence electrons. The number of hydrogen-bond acceptors (Lipinski definition) is 3. The van der Waals surface area contributed by atoms with Gasteiger partial charge in [-0.3, -0.25) is 4.79 Å². The number of carbonyl (C=O) groups is 1. The number of benzene rings is 1. The molecule has 1 amide bonds. The number of hydrogen-bond donors (Lipinski definition) is 2. The summed E-state index contributed by atoms with van der Waals surface area (Å²) < 4.78 is 0.877. The van der Waals surface area contributed by atoms with Crippen LogP contribution in [0.1, 0.15) is 30.6 Å². The maximum absolute atomic E-state index is 12.0. The average molecular weight is 328 g/mol. The first kappa shape index (κ1) is 16.0. The Bertz CT molecular complexity index is 423. The van der Waals surface area contributed by atoms with Gasteiger partial charge < -0.3 is 16.0 Å². The van der Waals surface area contributed by atoms with Gasteiger partial charge in [0.05, 0.1) is 5.56 Å². The van der Waals surface area contributed by atoms with Crippen LogP contribution in [-0.4, -0.2) is 37.0 Å². The highest BCUT2D eigenvalue weighted by Crippen LogP contribution is 2.18. The number of carbonyl (C=O) groups excluding carboxylic acids is 1. The van der Waals surface area contributed by atoms with Crippen molar-refractivity contribution in [2.45, 2.75) is 20.3 Å². The first-order chi connectivity index (χ1) is 9.08. The number of nitrogens with zero attached hydrogens (tertiary/aromatic N) is 1. The van der Waals surface area contributed by atoms with E-state index in [9.17, 15) is 4.79 Å². The molecule has 0 aliphatic rings. The smallest absolute Gasteiger partial charge is 0.253 e. The summed E-state index contributed by atoms with van der Waals surface area (Å²) in [5.41, 5.74) is 6.85. The number of nitrogens with two attached hydrogens (primary N) is 1. The number of amides is 1. The van der Waals surface area contributed by atoms with Crippen molar-refractivity contribution >= 4 is 27.5 Å². The Labute approximate surface area is 123 Å². The second-order valence-corrected chi connectivity index (χ2v) is 5.34. The Morgan fingerprint density at radius 3 is 2.68 bits per heavy atom. The molecule has 0 bridgehead atoms. The molecule has 1 aromatic carbocycles. The summed E-state index contributed by atoms with van der Waals surface area (Å²) in [6.07, 6.45) is 1.13. The normalized spacial score (nSPS) is 10.7. The van der Waals surface area contributed by atoms with Crippen LogP contribution in [-0.2, 0) is 0 Å². The zero-order valence-corrected chi connectivity index (χ0v) is 13.2. The third-order valence-corrected chi connectivity index (χ3v) is 3.45. The number of nitrogens with one attached hydrogen (secondary N) is 1. The van der Waals surface area contributed by atoms with Gasteiger partial charge in [0.1, 0.15) is 0 Å². The molecule has 0 saturated heterocycles. The summed E-state index contributed by atoms with van der Waals surface area (Å²) in [6, 6.07) is 5.30. The summed E-state index contributed by atoms with van der Waals surface area (Å²) in [7, 11) is 0. The monoisotopic (exact) mass is 327 g/mol. The van der Waals surface area contributed by atoms with Crippen LogP contribution in [0, 0.1) is 0 Å². The predicted molar refractivity (Wildman–Crippen MR) is 83.3 cm³/mol. The molecule has 0 atom stereocenters. The molecule has 0 aromatic heterocycles. The minimum atomic E-state index is -0.113. The summed E-state index contributed by atoms with van der Waals surface area (Å²) >= 11 is 3.33. The molecule has 0 spiro atoms. The van der Waals surface area contributed by atoms with Gasteiger partial charge >= 0.3 is 0 Å². The Morgan fingerprint density at radius 1 is 1.37 bits per heavy atom. The molecule has 0 aliphatic heterocycles. The van der Waals surface area contributed by atoms with Crippen molar-refractivity contribution in [1.82, 2.24) is 10.2 Å². The van der Waals surface area contributed by atoms with Crippen molar-refractivity contribution in [2.24, 2.45) is 0 Å². The van der Waals surface area contributed by atoms with Crippen LogP contribution in [0.2, 0.25) is 0 Å². The van der Waals surface area contributed by atoms with E-state index in [0.717, 1.165) is 30.5 Å². The molecule has 0 fully saturated rings. The maximum Gasteiger partial charge on any atom is 0.253 e. The van der Waals surface area contributed by atoms with Gasteiger partial charge in [0.15, 0.2) is 0 Å². The molecule has 1 aromatic rings. The molecule has 0 unspecified atom stereocenters. The zero-order valence-electron chi connectivity index (χ0n) is 11.6. The van der Waals surface area contributed by atoms with Gasteiger partial charge in [-0.05, 0) is 37.7 Å². The van der Waals surface area contributed by atoms with Crippen LogP contribution < -0.4 is 11.1 Å². The number of anilines is 1.